The Balaban J connectivity index is 1.77. The fourth-order valence-corrected chi connectivity index (χ4v) is 3.13. The second-order valence-corrected chi connectivity index (χ2v) is 5.36. The van der Waals surface area contributed by atoms with Crippen molar-refractivity contribution >= 4 is 16.7 Å². The van der Waals surface area contributed by atoms with Crippen LogP contribution in [0.15, 0.2) is 24.4 Å². The van der Waals surface area contributed by atoms with Gasteiger partial charge in [-0.1, -0.05) is 0 Å². The van der Waals surface area contributed by atoms with Crippen molar-refractivity contribution in [2.75, 3.05) is 25.1 Å². The van der Waals surface area contributed by atoms with Gasteiger partial charge >= 0.3 is 0 Å². The van der Waals surface area contributed by atoms with E-state index < -0.39 is 0 Å². The van der Waals surface area contributed by atoms with Crippen LogP contribution in [-0.2, 0) is 0 Å². The van der Waals surface area contributed by atoms with Gasteiger partial charge in [-0.3, -0.25) is 4.98 Å². The predicted octanol–water partition coefficient (Wildman–Crippen LogP) is 1.03. The van der Waals surface area contributed by atoms with Gasteiger partial charge in [-0.25, -0.2) is 4.98 Å². The summed E-state index contributed by atoms with van der Waals surface area (Å²) in [5, 5.41) is 0. The van der Waals surface area contributed by atoms with E-state index in [4.69, 9.17) is 10.5 Å². The summed E-state index contributed by atoms with van der Waals surface area (Å²) in [6.45, 7) is 2.06. The van der Waals surface area contributed by atoms with Crippen LogP contribution < -0.4 is 15.4 Å². The Bertz CT molecular complexity index is 632. The largest absolute Gasteiger partial charge is 0.481 e. The van der Waals surface area contributed by atoms with Crippen LogP contribution in [0.2, 0.25) is 0 Å². The quantitative estimate of drug-likeness (QED) is 0.869. The third-order valence-electron chi connectivity index (χ3n) is 4.35. The number of piperidine rings is 1. The molecular formula is C14H16N4O. The number of nitrogens with zero attached hydrogens (tertiary/aromatic N) is 3. The molecule has 19 heavy (non-hydrogen) atoms. The van der Waals surface area contributed by atoms with Crippen LogP contribution >= 0.6 is 0 Å². The fraction of sp³-hybridized carbons (Fsp3) is 0.429. The van der Waals surface area contributed by atoms with Crippen molar-refractivity contribution < 1.29 is 4.74 Å². The van der Waals surface area contributed by atoms with Crippen molar-refractivity contribution in [1.82, 2.24) is 9.97 Å². The maximum absolute atomic E-state index is 6.00. The number of rotatable bonds is 2. The maximum Gasteiger partial charge on any atom is 0.213 e. The number of hydrogen-bond donors (Lipinski definition) is 1. The zero-order valence-electron chi connectivity index (χ0n) is 10.8. The lowest BCUT2D eigenvalue weighted by Crippen LogP contribution is -2.28. The standard InChI is InChI=1S/C14H16N4O/c1-19-12-3-2-10-14(17-12)11(4-5-16-10)18-6-8-9(7-18)13(8)15/h2-5,8-9,13H,6-7,15H2,1H3/t8-,9+,13?. The van der Waals surface area contributed by atoms with E-state index in [1.54, 1.807) is 7.11 Å². The minimum Gasteiger partial charge on any atom is -0.481 e. The molecule has 0 amide bonds. The van der Waals surface area contributed by atoms with Crippen molar-refractivity contribution in [2.45, 2.75) is 6.04 Å². The summed E-state index contributed by atoms with van der Waals surface area (Å²) < 4.78 is 5.21. The van der Waals surface area contributed by atoms with E-state index in [1.807, 2.05) is 24.4 Å². The van der Waals surface area contributed by atoms with E-state index in [0.717, 1.165) is 29.8 Å². The molecule has 2 aliphatic rings. The van der Waals surface area contributed by atoms with Crippen LogP contribution in [-0.4, -0.2) is 36.2 Å². The van der Waals surface area contributed by atoms with Crippen LogP contribution in [0.1, 0.15) is 0 Å². The van der Waals surface area contributed by atoms with Gasteiger partial charge in [-0.15, -0.1) is 0 Å². The van der Waals surface area contributed by atoms with Crippen LogP contribution in [0.4, 0.5) is 5.69 Å². The average molecular weight is 256 g/mol. The van der Waals surface area contributed by atoms with Gasteiger partial charge in [-0.05, 0) is 24.0 Å². The molecule has 2 aromatic rings. The van der Waals surface area contributed by atoms with Crippen LogP contribution in [0, 0.1) is 11.8 Å². The number of aromatic nitrogens is 2. The van der Waals surface area contributed by atoms with Gasteiger partial charge in [0.2, 0.25) is 5.88 Å². The van der Waals surface area contributed by atoms with E-state index in [1.165, 1.54) is 0 Å². The highest BCUT2D eigenvalue weighted by molar-refractivity contribution is 5.88. The molecular weight excluding hydrogens is 240 g/mol. The molecule has 0 aromatic carbocycles. The van der Waals surface area contributed by atoms with Gasteiger partial charge in [0, 0.05) is 31.4 Å². The molecule has 1 unspecified atom stereocenters. The topological polar surface area (TPSA) is 64.3 Å². The Hall–Kier alpha value is -1.88. The Morgan fingerprint density at radius 3 is 2.79 bits per heavy atom. The summed E-state index contributed by atoms with van der Waals surface area (Å²) >= 11 is 0. The van der Waals surface area contributed by atoms with Crippen LogP contribution in [0.25, 0.3) is 11.0 Å². The zero-order chi connectivity index (χ0) is 13.0. The minimum absolute atomic E-state index is 0.409. The zero-order valence-corrected chi connectivity index (χ0v) is 10.8. The van der Waals surface area contributed by atoms with Crippen molar-refractivity contribution in [1.29, 1.82) is 0 Å². The number of methoxy groups -OCH3 is 1. The Morgan fingerprint density at radius 2 is 2.05 bits per heavy atom. The van der Waals surface area contributed by atoms with Crippen LogP contribution in [0.3, 0.4) is 0 Å². The van der Waals surface area contributed by atoms with Gasteiger partial charge in [0.25, 0.3) is 0 Å². The molecule has 2 N–H and O–H groups in total. The summed E-state index contributed by atoms with van der Waals surface area (Å²) in [5.74, 6) is 1.95. The molecule has 1 saturated heterocycles. The average Bonchev–Trinajstić information content (AvgIpc) is 2.90. The monoisotopic (exact) mass is 256 g/mol. The number of fused-ring (bicyclic) bond motifs is 2. The van der Waals surface area contributed by atoms with Gasteiger partial charge in [0.05, 0.1) is 18.3 Å². The smallest absolute Gasteiger partial charge is 0.213 e. The molecule has 0 radical (unpaired) electrons. The van der Waals surface area contributed by atoms with Crippen molar-refractivity contribution in [3.05, 3.63) is 24.4 Å². The number of pyridine rings is 2. The van der Waals surface area contributed by atoms with Crippen LogP contribution in [0.5, 0.6) is 5.88 Å². The van der Waals surface area contributed by atoms with Crippen molar-refractivity contribution in [2.24, 2.45) is 17.6 Å². The van der Waals surface area contributed by atoms with Crippen molar-refractivity contribution in [3.63, 3.8) is 0 Å². The second-order valence-electron chi connectivity index (χ2n) is 5.36. The first-order valence-corrected chi connectivity index (χ1v) is 6.58. The van der Waals surface area contributed by atoms with Crippen molar-refractivity contribution in [3.8, 4) is 5.88 Å². The lowest BCUT2D eigenvalue weighted by Gasteiger charge is -2.22. The molecule has 4 rings (SSSR count). The summed E-state index contributed by atoms with van der Waals surface area (Å²) in [7, 11) is 1.63. The second kappa shape index (κ2) is 3.81. The minimum atomic E-state index is 0.409. The van der Waals surface area contributed by atoms with E-state index in [2.05, 4.69) is 14.9 Å². The number of ether oxygens (including phenoxy) is 1. The molecule has 5 nitrogen and oxygen atoms in total. The van der Waals surface area contributed by atoms with E-state index >= 15 is 0 Å². The highest BCUT2D eigenvalue weighted by Crippen LogP contribution is 2.46. The van der Waals surface area contributed by atoms with E-state index in [9.17, 15) is 0 Å². The molecule has 2 aromatic heterocycles. The Kier molecular flexibility index (Phi) is 2.20. The highest BCUT2D eigenvalue weighted by atomic mass is 16.5. The van der Waals surface area contributed by atoms with Gasteiger partial charge in [0.1, 0.15) is 5.52 Å². The summed E-state index contributed by atoms with van der Waals surface area (Å²) in [5.41, 5.74) is 8.96. The maximum atomic E-state index is 6.00. The summed E-state index contributed by atoms with van der Waals surface area (Å²) in [4.78, 5) is 11.3. The summed E-state index contributed by atoms with van der Waals surface area (Å²) in [6, 6.07) is 6.24. The number of hydrogen-bond acceptors (Lipinski definition) is 5. The molecule has 0 bridgehead atoms. The molecule has 1 saturated carbocycles. The van der Waals surface area contributed by atoms with Gasteiger partial charge < -0.3 is 15.4 Å². The number of anilines is 1. The normalized spacial score (nSPS) is 28.5. The Morgan fingerprint density at radius 1 is 1.26 bits per heavy atom. The van der Waals surface area contributed by atoms with E-state index in [-0.39, 0.29) is 0 Å². The lowest BCUT2D eigenvalue weighted by molar-refractivity contribution is 0.399. The molecule has 1 aliphatic carbocycles. The van der Waals surface area contributed by atoms with Gasteiger partial charge in [-0.2, -0.15) is 0 Å². The molecule has 5 heteroatoms. The SMILES string of the molecule is COc1ccc2nccc(N3C[C@@H]4C(N)[C@@H]4C3)c2n1. The molecule has 2 fully saturated rings. The fourth-order valence-electron chi connectivity index (χ4n) is 3.13. The molecule has 98 valence electrons. The highest BCUT2D eigenvalue weighted by Gasteiger charge is 2.53. The first-order chi connectivity index (χ1) is 9.28. The molecule has 0 spiro atoms. The third-order valence-corrected chi connectivity index (χ3v) is 4.35. The number of nitrogens with two attached hydrogens (primary N) is 1. The van der Waals surface area contributed by atoms with Gasteiger partial charge in [0.15, 0.2) is 0 Å². The first kappa shape index (κ1) is 11.0. The lowest BCUT2D eigenvalue weighted by atomic mass is 10.2. The Labute approximate surface area is 111 Å². The molecule has 1 aliphatic heterocycles. The first-order valence-electron chi connectivity index (χ1n) is 6.58. The third kappa shape index (κ3) is 1.58. The predicted molar refractivity (Wildman–Crippen MR) is 73.3 cm³/mol. The summed E-state index contributed by atoms with van der Waals surface area (Å²) in [6.07, 6.45) is 1.84. The molecule has 3 atom stereocenters. The van der Waals surface area contributed by atoms with E-state index in [0.29, 0.717) is 23.8 Å². The molecule has 3 heterocycles.